The molecule has 1 aliphatic rings. The van der Waals surface area contributed by atoms with Crippen LogP contribution < -0.4 is 5.32 Å². The molecule has 0 aromatic heterocycles. The van der Waals surface area contributed by atoms with Crippen molar-refractivity contribution in [1.82, 2.24) is 10.2 Å². The van der Waals surface area contributed by atoms with Gasteiger partial charge < -0.3 is 10.4 Å². The summed E-state index contributed by atoms with van der Waals surface area (Å²) in [6.45, 7) is 11.5. The van der Waals surface area contributed by atoms with E-state index in [1.807, 2.05) is 0 Å². The van der Waals surface area contributed by atoms with E-state index >= 15 is 0 Å². The molecule has 0 aliphatic carbocycles. The van der Waals surface area contributed by atoms with Crippen molar-refractivity contribution in [3.63, 3.8) is 0 Å². The van der Waals surface area contributed by atoms with Crippen molar-refractivity contribution in [3.05, 3.63) is 0 Å². The second kappa shape index (κ2) is 5.15. The van der Waals surface area contributed by atoms with Gasteiger partial charge in [-0.2, -0.15) is 0 Å². The highest BCUT2D eigenvalue weighted by molar-refractivity contribution is 5.67. The molecule has 94 valence electrons. The molecule has 1 rings (SSSR count). The molecule has 4 heteroatoms. The van der Waals surface area contributed by atoms with Gasteiger partial charge in [0.05, 0.1) is 6.42 Å². The van der Waals surface area contributed by atoms with Gasteiger partial charge >= 0.3 is 5.97 Å². The van der Waals surface area contributed by atoms with E-state index in [2.05, 4.69) is 37.9 Å². The Morgan fingerprint density at radius 1 is 1.44 bits per heavy atom. The highest BCUT2D eigenvalue weighted by Gasteiger charge is 2.29. The van der Waals surface area contributed by atoms with Crippen molar-refractivity contribution in [2.24, 2.45) is 5.92 Å². The van der Waals surface area contributed by atoms with Crippen LogP contribution in [0.15, 0.2) is 0 Å². The molecule has 0 aromatic carbocycles. The van der Waals surface area contributed by atoms with Crippen LogP contribution in [0.25, 0.3) is 0 Å². The number of carbonyl (C=O) groups is 1. The summed E-state index contributed by atoms with van der Waals surface area (Å²) in [6.07, 6.45) is 0.208. The zero-order valence-electron chi connectivity index (χ0n) is 10.8. The van der Waals surface area contributed by atoms with Crippen LogP contribution in [0, 0.1) is 5.92 Å². The zero-order valence-corrected chi connectivity index (χ0v) is 10.8. The molecular weight excluding hydrogens is 204 g/mol. The van der Waals surface area contributed by atoms with E-state index in [-0.39, 0.29) is 18.0 Å². The maximum absolute atomic E-state index is 10.8. The molecule has 16 heavy (non-hydrogen) atoms. The lowest BCUT2D eigenvalue weighted by Crippen LogP contribution is -2.47. The Hall–Kier alpha value is -0.610. The third-order valence-corrected chi connectivity index (χ3v) is 3.10. The minimum atomic E-state index is -0.721. The van der Waals surface area contributed by atoms with Crippen molar-refractivity contribution >= 4 is 5.97 Å². The molecule has 1 saturated heterocycles. The number of hydrogen-bond acceptors (Lipinski definition) is 3. The van der Waals surface area contributed by atoms with Gasteiger partial charge in [-0.1, -0.05) is 6.92 Å². The van der Waals surface area contributed by atoms with Crippen LogP contribution in [0.2, 0.25) is 0 Å². The van der Waals surface area contributed by atoms with Gasteiger partial charge in [0.15, 0.2) is 0 Å². The normalized spacial score (nSPS) is 28.8. The SMILES string of the molecule is CC1CNC(CC(=O)O)CN(C(C)(C)C)C1. The Morgan fingerprint density at radius 3 is 2.56 bits per heavy atom. The summed E-state index contributed by atoms with van der Waals surface area (Å²) in [5.74, 6) is -0.154. The highest BCUT2D eigenvalue weighted by atomic mass is 16.4. The minimum absolute atomic E-state index is 0.0710. The summed E-state index contributed by atoms with van der Waals surface area (Å²) in [7, 11) is 0. The Morgan fingerprint density at radius 2 is 2.06 bits per heavy atom. The van der Waals surface area contributed by atoms with E-state index in [0.717, 1.165) is 19.6 Å². The second-order valence-corrected chi connectivity index (χ2v) is 5.88. The van der Waals surface area contributed by atoms with Gasteiger partial charge in [-0.25, -0.2) is 0 Å². The van der Waals surface area contributed by atoms with Crippen molar-refractivity contribution < 1.29 is 9.90 Å². The standard InChI is InChI=1S/C12H24N2O2/c1-9-6-13-10(5-11(15)16)8-14(7-9)12(2,3)4/h9-10,13H,5-8H2,1-4H3,(H,15,16). The Labute approximate surface area is 98.0 Å². The first-order valence-corrected chi connectivity index (χ1v) is 5.99. The number of rotatable bonds is 2. The maximum atomic E-state index is 10.8. The zero-order chi connectivity index (χ0) is 12.3. The molecule has 0 amide bonds. The van der Waals surface area contributed by atoms with Crippen LogP contribution in [0.4, 0.5) is 0 Å². The van der Waals surface area contributed by atoms with Gasteiger partial charge in [-0.3, -0.25) is 9.69 Å². The Balaban J connectivity index is 2.67. The lowest BCUT2D eigenvalue weighted by Gasteiger charge is -2.37. The van der Waals surface area contributed by atoms with Gasteiger partial charge in [0, 0.05) is 24.7 Å². The fourth-order valence-corrected chi connectivity index (χ4v) is 2.11. The molecule has 0 aromatic rings. The van der Waals surface area contributed by atoms with Gasteiger partial charge in [0.25, 0.3) is 0 Å². The van der Waals surface area contributed by atoms with Gasteiger partial charge in [-0.05, 0) is 33.2 Å². The number of carboxylic acids is 1. The van der Waals surface area contributed by atoms with E-state index in [1.165, 1.54) is 0 Å². The van der Waals surface area contributed by atoms with Gasteiger partial charge in [0.1, 0.15) is 0 Å². The van der Waals surface area contributed by atoms with Gasteiger partial charge in [-0.15, -0.1) is 0 Å². The number of hydrogen-bond donors (Lipinski definition) is 2. The third kappa shape index (κ3) is 4.10. The molecule has 0 radical (unpaired) electrons. The summed E-state index contributed by atoms with van der Waals surface area (Å²) in [6, 6.07) is 0.0710. The monoisotopic (exact) mass is 228 g/mol. The average Bonchev–Trinajstić information content (AvgIpc) is 2.26. The van der Waals surface area contributed by atoms with Crippen molar-refractivity contribution in [1.29, 1.82) is 0 Å². The van der Waals surface area contributed by atoms with Crippen LogP contribution in [0.1, 0.15) is 34.1 Å². The van der Waals surface area contributed by atoms with Gasteiger partial charge in [0.2, 0.25) is 0 Å². The molecule has 0 spiro atoms. The lowest BCUT2D eigenvalue weighted by atomic mass is 10.0. The number of aliphatic carboxylic acids is 1. The molecule has 2 atom stereocenters. The van der Waals surface area contributed by atoms with E-state index in [4.69, 9.17) is 5.11 Å². The predicted molar refractivity (Wildman–Crippen MR) is 64.5 cm³/mol. The number of carboxylic acid groups (broad SMARTS) is 1. The minimum Gasteiger partial charge on any atom is -0.481 e. The first-order chi connectivity index (χ1) is 7.29. The van der Waals surface area contributed by atoms with Crippen LogP contribution >= 0.6 is 0 Å². The van der Waals surface area contributed by atoms with E-state index in [1.54, 1.807) is 0 Å². The fraction of sp³-hybridized carbons (Fsp3) is 0.917. The van der Waals surface area contributed by atoms with Crippen LogP contribution in [-0.4, -0.2) is 47.2 Å². The number of nitrogens with zero attached hydrogens (tertiary/aromatic N) is 1. The molecule has 4 nitrogen and oxygen atoms in total. The fourth-order valence-electron chi connectivity index (χ4n) is 2.11. The summed E-state index contributed by atoms with van der Waals surface area (Å²) in [5, 5.41) is 12.2. The summed E-state index contributed by atoms with van der Waals surface area (Å²) >= 11 is 0. The molecule has 1 aliphatic heterocycles. The van der Waals surface area contributed by atoms with Crippen LogP contribution in [0.5, 0.6) is 0 Å². The van der Waals surface area contributed by atoms with Crippen molar-refractivity contribution in [3.8, 4) is 0 Å². The molecule has 2 unspecified atom stereocenters. The van der Waals surface area contributed by atoms with E-state index < -0.39 is 5.97 Å². The van der Waals surface area contributed by atoms with Crippen molar-refractivity contribution in [2.75, 3.05) is 19.6 Å². The smallest absolute Gasteiger partial charge is 0.304 e. The summed E-state index contributed by atoms with van der Waals surface area (Å²) < 4.78 is 0. The lowest BCUT2D eigenvalue weighted by molar-refractivity contribution is -0.137. The second-order valence-electron chi connectivity index (χ2n) is 5.88. The molecule has 0 saturated carbocycles. The summed E-state index contributed by atoms with van der Waals surface area (Å²) in [5.41, 5.74) is 0.108. The predicted octanol–water partition coefficient (Wildman–Crippen LogP) is 1.17. The largest absolute Gasteiger partial charge is 0.481 e. The van der Waals surface area contributed by atoms with E-state index in [9.17, 15) is 4.79 Å². The highest BCUT2D eigenvalue weighted by Crippen LogP contribution is 2.18. The van der Waals surface area contributed by atoms with Crippen LogP contribution in [0.3, 0.4) is 0 Å². The molecule has 1 heterocycles. The Kier molecular flexibility index (Phi) is 4.33. The number of nitrogens with one attached hydrogen (secondary N) is 1. The first kappa shape index (κ1) is 13.5. The quantitative estimate of drug-likeness (QED) is 0.745. The van der Waals surface area contributed by atoms with Crippen molar-refractivity contribution in [2.45, 2.75) is 45.7 Å². The molecule has 2 N–H and O–H groups in total. The average molecular weight is 228 g/mol. The summed E-state index contributed by atoms with van der Waals surface area (Å²) in [4.78, 5) is 13.1. The Bertz CT molecular complexity index is 248. The molecule has 0 bridgehead atoms. The molecule has 1 fully saturated rings. The molecular formula is C12H24N2O2. The third-order valence-electron chi connectivity index (χ3n) is 3.10. The topological polar surface area (TPSA) is 52.6 Å². The van der Waals surface area contributed by atoms with Crippen LogP contribution in [-0.2, 0) is 4.79 Å². The maximum Gasteiger partial charge on any atom is 0.304 e. The van der Waals surface area contributed by atoms with E-state index in [0.29, 0.717) is 5.92 Å². The first-order valence-electron chi connectivity index (χ1n) is 5.99.